The summed E-state index contributed by atoms with van der Waals surface area (Å²) in [6, 6.07) is 11.6. The van der Waals surface area contributed by atoms with Crippen LogP contribution in [0.25, 0.3) is 32.8 Å². The monoisotopic (exact) mass is 512 g/mol. The molecule has 0 N–H and O–H groups in total. The SMILES string of the molecule is [2H]c1c([2H])[n+](C)c2c3c(cc([Si](C)(C)C)cc13)Oc1c-2c(C)c2cc(CC(C)(C)C)ccc2c1CC(C)(C)C. The van der Waals surface area contributed by atoms with Crippen molar-refractivity contribution < 1.29 is 12.0 Å². The molecule has 1 aromatic heterocycles. The summed E-state index contributed by atoms with van der Waals surface area (Å²) < 4.78 is 26.7. The van der Waals surface area contributed by atoms with E-state index in [1.165, 1.54) is 32.6 Å². The average molecular weight is 513 g/mol. The molecular weight excluding hydrogens is 466 g/mol. The number of pyridine rings is 1. The standard InChI is InChI=1S/C34H44NOSi/c1-21-26-16-22(19-33(2,3)4)12-13-25(26)27(20-34(5,6)7)32-29(21)31-30-23(14-15-35(31)8)17-24(37(9,10)11)18-28(30)36-32/h12-18H,19-20H2,1-11H3/q+1/i14D,15D. The number of ether oxygens (including phenoxy) is 1. The minimum atomic E-state index is -1.70. The molecule has 0 amide bonds. The molecule has 0 radical (unpaired) electrons. The van der Waals surface area contributed by atoms with Crippen molar-refractivity contribution in [2.75, 3.05) is 0 Å². The Balaban J connectivity index is 1.96. The molecule has 0 saturated carbocycles. The average Bonchev–Trinajstić information content (AvgIpc) is 2.80. The third kappa shape index (κ3) is 4.72. The topological polar surface area (TPSA) is 13.1 Å². The number of rotatable bonds is 3. The zero-order valence-electron chi connectivity index (χ0n) is 26.7. The highest BCUT2D eigenvalue weighted by Gasteiger charge is 2.35. The van der Waals surface area contributed by atoms with Crippen LogP contribution in [0.5, 0.6) is 11.5 Å². The summed E-state index contributed by atoms with van der Waals surface area (Å²) >= 11 is 0. The molecule has 5 rings (SSSR count). The van der Waals surface area contributed by atoms with Crippen molar-refractivity contribution in [2.24, 2.45) is 17.9 Å². The molecule has 194 valence electrons. The van der Waals surface area contributed by atoms with E-state index in [1.54, 1.807) is 0 Å². The van der Waals surface area contributed by atoms with Crippen LogP contribution in [0.3, 0.4) is 0 Å². The van der Waals surface area contributed by atoms with Crippen molar-refractivity contribution in [3.8, 4) is 22.8 Å². The number of aromatic nitrogens is 1. The Labute approximate surface area is 227 Å². The molecular formula is C34H44NOSi+. The maximum atomic E-state index is 8.94. The second kappa shape index (κ2) is 8.43. The highest BCUT2D eigenvalue weighted by Crippen LogP contribution is 2.51. The zero-order valence-corrected chi connectivity index (χ0v) is 25.7. The fraction of sp³-hybridized carbons (Fsp3) is 0.441. The first-order valence-electron chi connectivity index (χ1n) is 14.6. The molecule has 0 saturated heterocycles. The molecule has 0 atom stereocenters. The van der Waals surface area contributed by atoms with Gasteiger partial charge in [-0.05, 0) is 63.9 Å². The minimum Gasteiger partial charge on any atom is -0.455 e. The van der Waals surface area contributed by atoms with Crippen LogP contribution in [0, 0.1) is 17.8 Å². The predicted octanol–water partition coefficient (Wildman–Crippen LogP) is 8.62. The van der Waals surface area contributed by atoms with E-state index in [0.29, 0.717) is 0 Å². The normalized spacial score (nSPS) is 14.5. The Morgan fingerprint density at radius 1 is 0.919 bits per heavy atom. The van der Waals surface area contributed by atoms with Crippen LogP contribution in [0.1, 0.15) is 61.0 Å². The Morgan fingerprint density at radius 3 is 2.22 bits per heavy atom. The first kappa shape index (κ1) is 23.5. The lowest BCUT2D eigenvalue weighted by molar-refractivity contribution is -0.659. The Bertz CT molecular complexity index is 1670. The number of aryl methyl sites for hydroxylation is 1. The maximum Gasteiger partial charge on any atom is 0.228 e. The summed E-state index contributed by atoms with van der Waals surface area (Å²) in [7, 11) is 0.233. The van der Waals surface area contributed by atoms with Gasteiger partial charge in [-0.1, -0.05) is 90.6 Å². The van der Waals surface area contributed by atoms with Crippen molar-refractivity contribution in [1.82, 2.24) is 0 Å². The maximum absolute atomic E-state index is 8.94. The predicted molar refractivity (Wildman–Crippen MR) is 162 cm³/mol. The highest BCUT2D eigenvalue weighted by atomic mass is 28.3. The number of hydrogen-bond donors (Lipinski definition) is 0. The second-order valence-electron chi connectivity index (χ2n) is 14.6. The van der Waals surface area contributed by atoms with Crippen molar-refractivity contribution >= 4 is 34.8 Å². The van der Waals surface area contributed by atoms with Crippen LogP contribution >= 0.6 is 0 Å². The van der Waals surface area contributed by atoms with Crippen LogP contribution in [0.15, 0.2) is 42.5 Å². The summed E-state index contributed by atoms with van der Waals surface area (Å²) in [4.78, 5) is 0. The molecule has 2 heterocycles. The molecule has 3 heteroatoms. The molecule has 0 bridgehead atoms. The van der Waals surface area contributed by atoms with Gasteiger partial charge in [0.05, 0.1) is 20.4 Å². The lowest BCUT2D eigenvalue weighted by atomic mass is 9.80. The third-order valence-electron chi connectivity index (χ3n) is 7.48. The van der Waals surface area contributed by atoms with Gasteiger partial charge in [-0.15, -0.1) is 0 Å². The van der Waals surface area contributed by atoms with Gasteiger partial charge in [-0.3, -0.25) is 0 Å². The summed E-state index contributed by atoms with van der Waals surface area (Å²) in [5.41, 5.74) is 6.09. The van der Waals surface area contributed by atoms with Gasteiger partial charge in [0, 0.05) is 11.6 Å². The lowest BCUT2D eigenvalue weighted by Crippen LogP contribution is -2.38. The number of hydrogen-bond acceptors (Lipinski definition) is 1. The van der Waals surface area contributed by atoms with Gasteiger partial charge < -0.3 is 4.74 Å². The van der Waals surface area contributed by atoms with E-state index in [-0.39, 0.29) is 23.0 Å². The van der Waals surface area contributed by atoms with E-state index in [9.17, 15) is 0 Å². The van der Waals surface area contributed by atoms with Crippen LogP contribution in [0.4, 0.5) is 0 Å². The largest absolute Gasteiger partial charge is 0.455 e. The van der Waals surface area contributed by atoms with E-state index in [2.05, 4.69) is 98.4 Å². The van der Waals surface area contributed by atoms with E-state index in [4.69, 9.17) is 7.48 Å². The molecule has 37 heavy (non-hydrogen) atoms. The zero-order chi connectivity index (χ0) is 28.8. The van der Waals surface area contributed by atoms with Gasteiger partial charge in [0.1, 0.15) is 19.9 Å². The van der Waals surface area contributed by atoms with E-state index >= 15 is 0 Å². The summed E-state index contributed by atoms with van der Waals surface area (Å²) in [6.07, 6.45) is 2.13. The number of nitrogens with zero attached hydrogens (tertiary/aromatic N) is 1. The quantitative estimate of drug-likeness (QED) is 0.174. The van der Waals surface area contributed by atoms with Gasteiger partial charge in [0.2, 0.25) is 5.69 Å². The number of benzene rings is 3. The molecule has 4 aromatic rings. The number of fused-ring (bicyclic) bond motifs is 3. The molecule has 0 spiro atoms. The molecule has 1 aliphatic heterocycles. The second-order valence-corrected chi connectivity index (χ2v) is 19.6. The van der Waals surface area contributed by atoms with E-state index in [1.807, 2.05) is 11.6 Å². The van der Waals surface area contributed by atoms with Crippen LogP contribution in [-0.2, 0) is 19.9 Å². The van der Waals surface area contributed by atoms with E-state index in [0.717, 1.165) is 46.4 Å². The molecule has 0 unspecified atom stereocenters. The first-order chi connectivity index (χ1) is 17.9. The van der Waals surface area contributed by atoms with Gasteiger partial charge in [-0.25, -0.2) is 4.57 Å². The Hall–Kier alpha value is -2.65. The van der Waals surface area contributed by atoms with Gasteiger partial charge in [-0.2, -0.15) is 0 Å². The molecule has 0 aliphatic carbocycles. The van der Waals surface area contributed by atoms with Gasteiger partial charge in [0.15, 0.2) is 6.17 Å². The van der Waals surface area contributed by atoms with Gasteiger partial charge in [0.25, 0.3) is 0 Å². The fourth-order valence-corrected chi connectivity index (χ4v) is 6.95. The van der Waals surface area contributed by atoms with Crippen LogP contribution < -0.4 is 14.5 Å². The molecule has 1 aliphatic rings. The van der Waals surface area contributed by atoms with Crippen molar-refractivity contribution in [3.63, 3.8) is 0 Å². The lowest BCUT2D eigenvalue weighted by Gasteiger charge is -2.29. The fourth-order valence-electron chi connectivity index (χ4n) is 5.81. The van der Waals surface area contributed by atoms with Crippen LogP contribution in [0.2, 0.25) is 19.6 Å². The first-order valence-corrected chi connectivity index (χ1v) is 17.1. The molecule has 2 nitrogen and oxygen atoms in total. The minimum absolute atomic E-state index is 0.0625. The van der Waals surface area contributed by atoms with Crippen molar-refractivity contribution in [2.45, 2.75) is 80.9 Å². The highest BCUT2D eigenvalue weighted by molar-refractivity contribution is 6.88. The Kier molecular flexibility index (Phi) is 5.34. The summed E-state index contributed by atoms with van der Waals surface area (Å²) in [5, 5.41) is 5.55. The Morgan fingerprint density at radius 2 is 1.59 bits per heavy atom. The van der Waals surface area contributed by atoms with E-state index < -0.39 is 8.07 Å². The summed E-state index contributed by atoms with van der Waals surface area (Å²) in [6.45, 7) is 22.9. The van der Waals surface area contributed by atoms with Crippen molar-refractivity contribution in [3.05, 3.63) is 59.2 Å². The van der Waals surface area contributed by atoms with Crippen molar-refractivity contribution in [1.29, 1.82) is 0 Å². The molecule has 3 aromatic carbocycles. The smallest absolute Gasteiger partial charge is 0.228 e. The van der Waals surface area contributed by atoms with Crippen LogP contribution in [-0.4, -0.2) is 8.07 Å². The third-order valence-corrected chi connectivity index (χ3v) is 9.50. The summed E-state index contributed by atoms with van der Waals surface area (Å²) in [5.74, 6) is 1.75. The molecule has 0 fully saturated rings. The van der Waals surface area contributed by atoms with Gasteiger partial charge >= 0.3 is 0 Å².